The Balaban J connectivity index is 1.73. The average molecular weight is 323 g/mol. The van der Waals surface area contributed by atoms with Crippen molar-refractivity contribution >= 4 is 17.5 Å². The maximum Gasteiger partial charge on any atom is 0.252 e. The largest absolute Gasteiger partial charge is 0.352 e. The number of piperidine rings is 1. The summed E-state index contributed by atoms with van der Waals surface area (Å²) in [5, 5.41) is 3.50. The molecule has 1 aliphatic heterocycles. The Hall–Kier alpha value is -1.06. The maximum absolute atomic E-state index is 12.1. The van der Waals surface area contributed by atoms with Crippen molar-refractivity contribution in [2.45, 2.75) is 33.6 Å². The molecule has 1 amide bonds. The number of hydrogen-bond acceptors (Lipinski definition) is 2. The van der Waals surface area contributed by atoms with Crippen LogP contribution in [0.15, 0.2) is 18.2 Å². The molecule has 0 aliphatic carbocycles. The predicted molar refractivity (Wildman–Crippen MR) is 92.5 cm³/mol. The smallest absolute Gasteiger partial charge is 0.252 e. The first-order valence-corrected chi connectivity index (χ1v) is 8.60. The van der Waals surface area contributed by atoms with Gasteiger partial charge in [-0.1, -0.05) is 31.5 Å². The molecule has 122 valence electrons. The molecule has 0 saturated carbocycles. The van der Waals surface area contributed by atoms with Crippen molar-refractivity contribution < 1.29 is 4.79 Å². The van der Waals surface area contributed by atoms with E-state index in [-0.39, 0.29) is 5.91 Å². The molecule has 2 unspecified atom stereocenters. The first-order valence-electron chi connectivity index (χ1n) is 8.22. The van der Waals surface area contributed by atoms with Gasteiger partial charge in [-0.2, -0.15) is 0 Å². The second-order valence-electron chi connectivity index (χ2n) is 6.80. The summed E-state index contributed by atoms with van der Waals surface area (Å²) < 4.78 is 0. The molecule has 0 spiro atoms. The summed E-state index contributed by atoms with van der Waals surface area (Å²) in [7, 11) is 0. The molecule has 1 aromatic carbocycles. The second-order valence-corrected chi connectivity index (χ2v) is 7.21. The number of carbonyl (C=O) groups is 1. The minimum absolute atomic E-state index is 0.0784. The van der Waals surface area contributed by atoms with Crippen molar-refractivity contribution in [3.8, 4) is 0 Å². The van der Waals surface area contributed by atoms with E-state index in [9.17, 15) is 4.79 Å². The Bertz CT molecular complexity index is 508. The molecular weight excluding hydrogens is 296 g/mol. The van der Waals surface area contributed by atoms with E-state index in [0.717, 1.165) is 30.4 Å². The van der Waals surface area contributed by atoms with Gasteiger partial charge in [0.1, 0.15) is 0 Å². The number of carbonyl (C=O) groups excluding carboxylic acids is 1. The normalized spacial score (nSPS) is 22.5. The Morgan fingerprint density at radius 3 is 2.64 bits per heavy atom. The zero-order valence-electron chi connectivity index (χ0n) is 13.9. The standard InChI is InChI=1S/C18H27ClN2O/c1-13-5-6-16(17(19)10-13)18(22)20-7-4-8-21-11-14(2)9-15(3)12-21/h5-6,10,14-15H,4,7-9,11-12H2,1-3H3,(H,20,22). The van der Waals surface area contributed by atoms with Crippen molar-refractivity contribution in [3.63, 3.8) is 0 Å². The predicted octanol–water partition coefficient (Wildman–Crippen LogP) is 3.75. The van der Waals surface area contributed by atoms with Crippen LogP contribution in [0, 0.1) is 18.8 Å². The summed E-state index contributed by atoms with van der Waals surface area (Å²) in [6, 6.07) is 5.53. The van der Waals surface area contributed by atoms with Gasteiger partial charge in [-0.15, -0.1) is 0 Å². The van der Waals surface area contributed by atoms with Crippen LogP contribution in [0.4, 0.5) is 0 Å². The molecule has 1 aliphatic rings. The van der Waals surface area contributed by atoms with E-state index in [1.807, 2.05) is 19.1 Å². The molecule has 4 heteroatoms. The van der Waals surface area contributed by atoms with E-state index in [1.54, 1.807) is 6.07 Å². The molecule has 1 N–H and O–H groups in total. The highest BCUT2D eigenvalue weighted by Crippen LogP contribution is 2.21. The first kappa shape index (κ1) is 17.3. The zero-order valence-corrected chi connectivity index (χ0v) is 14.6. The number of rotatable bonds is 5. The van der Waals surface area contributed by atoms with Crippen LogP contribution in [0.3, 0.4) is 0 Å². The summed E-state index contributed by atoms with van der Waals surface area (Å²) in [6.45, 7) is 10.7. The third kappa shape index (κ3) is 4.99. The highest BCUT2D eigenvalue weighted by Gasteiger charge is 2.21. The molecule has 3 nitrogen and oxygen atoms in total. The number of hydrogen-bond donors (Lipinski definition) is 1. The maximum atomic E-state index is 12.1. The molecule has 0 bridgehead atoms. The lowest BCUT2D eigenvalue weighted by molar-refractivity contribution is 0.0947. The van der Waals surface area contributed by atoms with Gasteiger partial charge in [-0.3, -0.25) is 4.79 Å². The summed E-state index contributed by atoms with van der Waals surface area (Å²) in [4.78, 5) is 14.6. The van der Waals surface area contributed by atoms with Gasteiger partial charge in [0.2, 0.25) is 0 Å². The molecule has 1 heterocycles. The molecule has 1 aromatic rings. The number of nitrogens with one attached hydrogen (secondary N) is 1. The highest BCUT2D eigenvalue weighted by atomic mass is 35.5. The Morgan fingerprint density at radius 2 is 2.00 bits per heavy atom. The zero-order chi connectivity index (χ0) is 16.1. The third-order valence-electron chi connectivity index (χ3n) is 4.25. The van der Waals surface area contributed by atoms with Crippen molar-refractivity contribution in [1.82, 2.24) is 10.2 Å². The SMILES string of the molecule is Cc1ccc(C(=O)NCCCN2CC(C)CC(C)C2)c(Cl)c1. The lowest BCUT2D eigenvalue weighted by Gasteiger charge is -2.34. The Kier molecular flexibility index (Phi) is 6.27. The molecule has 0 aromatic heterocycles. The minimum Gasteiger partial charge on any atom is -0.352 e. The number of likely N-dealkylation sites (tertiary alicyclic amines) is 1. The van der Waals surface area contributed by atoms with Crippen molar-refractivity contribution in [2.24, 2.45) is 11.8 Å². The van der Waals surface area contributed by atoms with Gasteiger partial charge >= 0.3 is 0 Å². The van der Waals surface area contributed by atoms with Crippen LogP contribution in [-0.4, -0.2) is 37.0 Å². The molecule has 22 heavy (non-hydrogen) atoms. The van der Waals surface area contributed by atoms with E-state index in [2.05, 4.69) is 24.1 Å². The lowest BCUT2D eigenvalue weighted by Crippen LogP contribution is -2.40. The fraction of sp³-hybridized carbons (Fsp3) is 0.611. The first-order chi connectivity index (χ1) is 10.5. The number of nitrogens with zero attached hydrogens (tertiary/aromatic N) is 1. The molecular formula is C18H27ClN2O. The number of amides is 1. The third-order valence-corrected chi connectivity index (χ3v) is 4.56. The average Bonchev–Trinajstić information content (AvgIpc) is 2.42. The monoisotopic (exact) mass is 322 g/mol. The lowest BCUT2D eigenvalue weighted by atomic mass is 9.92. The Labute approximate surface area is 139 Å². The van der Waals surface area contributed by atoms with Gasteiger partial charge in [0.25, 0.3) is 5.91 Å². The summed E-state index contributed by atoms with van der Waals surface area (Å²) >= 11 is 6.12. The van der Waals surface area contributed by atoms with Crippen molar-refractivity contribution in [3.05, 3.63) is 34.3 Å². The van der Waals surface area contributed by atoms with E-state index in [4.69, 9.17) is 11.6 Å². The van der Waals surface area contributed by atoms with Crippen LogP contribution in [-0.2, 0) is 0 Å². The second kappa shape index (κ2) is 7.98. The van der Waals surface area contributed by atoms with E-state index in [1.165, 1.54) is 19.5 Å². The van der Waals surface area contributed by atoms with Gasteiger partial charge in [0.05, 0.1) is 10.6 Å². The molecule has 0 radical (unpaired) electrons. The van der Waals surface area contributed by atoms with Crippen LogP contribution in [0.2, 0.25) is 5.02 Å². The highest BCUT2D eigenvalue weighted by molar-refractivity contribution is 6.33. The van der Waals surface area contributed by atoms with E-state index >= 15 is 0 Å². The molecule has 1 fully saturated rings. The summed E-state index contributed by atoms with van der Waals surface area (Å²) in [5.74, 6) is 1.49. The number of aryl methyl sites for hydroxylation is 1. The van der Waals surface area contributed by atoms with Crippen LogP contribution >= 0.6 is 11.6 Å². The topological polar surface area (TPSA) is 32.3 Å². The van der Waals surface area contributed by atoms with E-state index in [0.29, 0.717) is 17.1 Å². The quantitative estimate of drug-likeness (QED) is 0.837. The molecule has 1 saturated heterocycles. The fourth-order valence-electron chi connectivity index (χ4n) is 3.38. The van der Waals surface area contributed by atoms with Crippen molar-refractivity contribution in [2.75, 3.05) is 26.2 Å². The van der Waals surface area contributed by atoms with Gasteiger partial charge in [-0.05, 0) is 55.8 Å². The van der Waals surface area contributed by atoms with Gasteiger partial charge in [-0.25, -0.2) is 0 Å². The summed E-state index contributed by atoms with van der Waals surface area (Å²) in [5.41, 5.74) is 1.63. The number of halogens is 1. The molecule has 2 atom stereocenters. The Morgan fingerprint density at radius 1 is 1.32 bits per heavy atom. The number of benzene rings is 1. The van der Waals surface area contributed by atoms with Crippen LogP contribution in [0.1, 0.15) is 42.6 Å². The van der Waals surface area contributed by atoms with Crippen LogP contribution < -0.4 is 5.32 Å². The minimum atomic E-state index is -0.0784. The van der Waals surface area contributed by atoms with Gasteiger partial charge in [0, 0.05) is 19.6 Å². The van der Waals surface area contributed by atoms with Crippen molar-refractivity contribution in [1.29, 1.82) is 0 Å². The fourth-order valence-corrected chi connectivity index (χ4v) is 3.70. The van der Waals surface area contributed by atoms with Gasteiger partial charge < -0.3 is 10.2 Å². The molecule has 2 rings (SSSR count). The van der Waals surface area contributed by atoms with Crippen LogP contribution in [0.25, 0.3) is 0 Å². The van der Waals surface area contributed by atoms with Crippen LogP contribution in [0.5, 0.6) is 0 Å². The summed E-state index contributed by atoms with van der Waals surface area (Å²) in [6.07, 6.45) is 2.31. The van der Waals surface area contributed by atoms with Gasteiger partial charge in [0.15, 0.2) is 0 Å². The van der Waals surface area contributed by atoms with E-state index < -0.39 is 0 Å².